The summed E-state index contributed by atoms with van der Waals surface area (Å²) in [7, 11) is 6.96. The predicted molar refractivity (Wildman–Crippen MR) is 43.8 cm³/mol. The maximum absolute atomic E-state index is 10.4. The van der Waals surface area contributed by atoms with Gasteiger partial charge in [0.05, 0.1) is 12.7 Å². The molecule has 0 bridgehead atoms. The standard InChI is InChI=1S/C8H7BO2/c1-11-8-4-7(9)3-2-6(8)5-10/h2-5H,1H3. The average molecular weight is 146 g/mol. The summed E-state index contributed by atoms with van der Waals surface area (Å²) in [5.74, 6) is 0.514. The molecule has 0 atom stereocenters. The quantitative estimate of drug-likeness (QED) is 0.443. The smallest absolute Gasteiger partial charge is 0.153 e. The summed E-state index contributed by atoms with van der Waals surface area (Å²) in [5.41, 5.74) is 1.11. The molecule has 0 N–H and O–H groups in total. The minimum Gasteiger partial charge on any atom is -0.496 e. The molecule has 2 radical (unpaired) electrons. The molecule has 0 saturated carbocycles. The summed E-state index contributed by atoms with van der Waals surface area (Å²) >= 11 is 0. The van der Waals surface area contributed by atoms with Gasteiger partial charge in [-0.15, -0.1) is 0 Å². The predicted octanol–water partition coefficient (Wildman–Crippen LogP) is 0.301. The van der Waals surface area contributed by atoms with Gasteiger partial charge in [-0.05, 0) is 12.1 Å². The second-order valence-electron chi connectivity index (χ2n) is 2.12. The van der Waals surface area contributed by atoms with E-state index in [4.69, 9.17) is 12.6 Å². The zero-order chi connectivity index (χ0) is 8.27. The number of rotatable bonds is 2. The van der Waals surface area contributed by atoms with Crippen molar-refractivity contribution in [1.82, 2.24) is 0 Å². The lowest BCUT2D eigenvalue weighted by atomic mass is 9.95. The molecule has 0 unspecified atom stereocenters. The SMILES string of the molecule is [B]c1ccc(C=O)c(OC)c1. The zero-order valence-corrected chi connectivity index (χ0v) is 6.20. The summed E-state index contributed by atoms with van der Waals surface area (Å²) in [6, 6.07) is 4.90. The molecule has 2 nitrogen and oxygen atoms in total. The summed E-state index contributed by atoms with van der Waals surface area (Å²) in [6.45, 7) is 0. The third-order valence-corrected chi connectivity index (χ3v) is 1.38. The van der Waals surface area contributed by atoms with E-state index in [0.717, 1.165) is 6.29 Å². The Morgan fingerprint density at radius 2 is 2.27 bits per heavy atom. The van der Waals surface area contributed by atoms with Crippen LogP contribution in [0.4, 0.5) is 0 Å². The lowest BCUT2D eigenvalue weighted by molar-refractivity contribution is 0.112. The fourth-order valence-electron chi connectivity index (χ4n) is 0.825. The molecule has 0 aliphatic heterocycles. The molecule has 11 heavy (non-hydrogen) atoms. The van der Waals surface area contributed by atoms with Gasteiger partial charge in [0.15, 0.2) is 6.29 Å². The number of hydrogen-bond donors (Lipinski definition) is 0. The van der Waals surface area contributed by atoms with E-state index in [0.29, 0.717) is 16.8 Å². The maximum Gasteiger partial charge on any atom is 0.153 e. The molecule has 0 spiro atoms. The third-order valence-electron chi connectivity index (χ3n) is 1.38. The van der Waals surface area contributed by atoms with Gasteiger partial charge in [-0.2, -0.15) is 0 Å². The second kappa shape index (κ2) is 3.24. The van der Waals surface area contributed by atoms with Gasteiger partial charge in [0.1, 0.15) is 13.6 Å². The normalized spacial score (nSPS) is 9.18. The van der Waals surface area contributed by atoms with Crippen LogP contribution in [0.15, 0.2) is 18.2 Å². The van der Waals surface area contributed by atoms with Crippen LogP contribution in [0.2, 0.25) is 0 Å². The van der Waals surface area contributed by atoms with Crippen LogP contribution < -0.4 is 10.2 Å². The van der Waals surface area contributed by atoms with Crippen molar-refractivity contribution in [2.24, 2.45) is 0 Å². The van der Waals surface area contributed by atoms with E-state index in [1.165, 1.54) is 7.11 Å². The van der Waals surface area contributed by atoms with Gasteiger partial charge in [0, 0.05) is 0 Å². The van der Waals surface area contributed by atoms with Crippen LogP contribution in [0.5, 0.6) is 5.75 Å². The van der Waals surface area contributed by atoms with Gasteiger partial charge in [-0.25, -0.2) is 0 Å². The van der Waals surface area contributed by atoms with Gasteiger partial charge >= 0.3 is 0 Å². The van der Waals surface area contributed by atoms with Crippen molar-refractivity contribution in [2.75, 3.05) is 7.11 Å². The van der Waals surface area contributed by atoms with Gasteiger partial charge in [-0.3, -0.25) is 4.79 Å². The molecule has 0 aliphatic carbocycles. The number of methoxy groups -OCH3 is 1. The van der Waals surface area contributed by atoms with Crippen LogP contribution in [0.1, 0.15) is 10.4 Å². The van der Waals surface area contributed by atoms with E-state index in [9.17, 15) is 4.79 Å². The molecule has 0 saturated heterocycles. The maximum atomic E-state index is 10.4. The van der Waals surface area contributed by atoms with E-state index in [2.05, 4.69) is 0 Å². The van der Waals surface area contributed by atoms with E-state index in [1.54, 1.807) is 18.2 Å². The highest BCUT2D eigenvalue weighted by molar-refractivity contribution is 6.32. The van der Waals surface area contributed by atoms with Crippen LogP contribution >= 0.6 is 0 Å². The van der Waals surface area contributed by atoms with Crippen molar-refractivity contribution >= 4 is 19.6 Å². The van der Waals surface area contributed by atoms with E-state index in [1.807, 2.05) is 0 Å². The number of carbonyl (C=O) groups is 1. The van der Waals surface area contributed by atoms with E-state index in [-0.39, 0.29) is 0 Å². The van der Waals surface area contributed by atoms with Gasteiger partial charge in [-0.1, -0.05) is 11.5 Å². The Hall–Kier alpha value is -1.25. The zero-order valence-electron chi connectivity index (χ0n) is 6.20. The first-order valence-electron chi connectivity index (χ1n) is 3.16. The Balaban J connectivity index is 3.16. The number of carbonyl (C=O) groups excluding carboxylic acids is 1. The molecule has 3 heteroatoms. The summed E-state index contributed by atoms with van der Waals surface area (Å²) < 4.78 is 4.91. The first-order valence-corrected chi connectivity index (χ1v) is 3.16. The monoisotopic (exact) mass is 146 g/mol. The first kappa shape index (κ1) is 7.86. The molecule has 0 aromatic heterocycles. The average Bonchev–Trinajstić information content (AvgIpc) is 2.04. The van der Waals surface area contributed by atoms with E-state index < -0.39 is 0 Å². The number of ether oxygens (including phenoxy) is 1. The topological polar surface area (TPSA) is 26.3 Å². The molecule has 1 aromatic rings. The van der Waals surface area contributed by atoms with Crippen molar-refractivity contribution in [2.45, 2.75) is 0 Å². The highest BCUT2D eigenvalue weighted by Crippen LogP contribution is 2.12. The Bertz CT molecular complexity index is 271. The minimum absolute atomic E-state index is 0.514. The highest BCUT2D eigenvalue weighted by Gasteiger charge is 1.99. The third kappa shape index (κ3) is 1.61. The van der Waals surface area contributed by atoms with Crippen molar-refractivity contribution in [3.63, 3.8) is 0 Å². The molecule has 0 fully saturated rings. The Morgan fingerprint density at radius 3 is 2.82 bits per heavy atom. The molecule has 1 aromatic carbocycles. The first-order chi connectivity index (χ1) is 5.27. The van der Waals surface area contributed by atoms with Crippen LogP contribution in [-0.4, -0.2) is 21.2 Å². The molecule has 0 amide bonds. The molecular formula is C8H7BO2. The summed E-state index contributed by atoms with van der Waals surface area (Å²) in [4.78, 5) is 10.4. The lowest BCUT2D eigenvalue weighted by Crippen LogP contribution is -2.03. The van der Waals surface area contributed by atoms with Gasteiger partial charge in [0.25, 0.3) is 0 Å². The van der Waals surface area contributed by atoms with Crippen molar-refractivity contribution in [3.8, 4) is 5.75 Å². The molecule has 54 valence electrons. The molecule has 1 rings (SSSR count). The minimum atomic E-state index is 0.514. The van der Waals surface area contributed by atoms with Crippen LogP contribution in [0.3, 0.4) is 0 Å². The van der Waals surface area contributed by atoms with Gasteiger partial charge < -0.3 is 4.74 Å². The molecule has 0 aliphatic rings. The Labute approximate surface area is 66.6 Å². The number of hydrogen-bond acceptors (Lipinski definition) is 2. The lowest BCUT2D eigenvalue weighted by Gasteiger charge is -2.03. The highest BCUT2D eigenvalue weighted by atomic mass is 16.5. The second-order valence-corrected chi connectivity index (χ2v) is 2.12. The molecule has 0 heterocycles. The van der Waals surface area contributed by atoms with Crippen LogP contribution in [-0.2, 0) is 0 Å². The number of benzene rings is 1. The Morgan fingerprint density at radius 1 is 1.55 bits per heavy atom. The largest absolute Gasteiger partial charge is 0.496 e. The molecular weight excluding hydrogens is 139 g/mol. The summed E-state index contributed by atoms with van der Waals surface area (Å²) in [6.07, 6.45) is 0.734. The van der Waals surface area contributed by atoms with Crippen LogP contribution in [0.25, 0.3) is 0 Å². The van der Waals surface area contributed by atoms with Crippen molar-refractivity contribution in [1.29, 1.82) is 0 Å². The van der Waals surface area contributed by atoms with Crippen LogP contribution in [0, 0.1) is 0 Å². The van der Waals surface area contributed by atoms with Gasteiger partial charge in [0.2, 0.25) is 0 Å². The number of aldehydes is 1. The van der Waals surface area contributed by atoms with Crippen molar-refractivity contribution in [3.05, 3.63) is 23.8 Å². The van der Waals surface area contributed by atoms with Crippen molar-refractivity contribution < 1.29 is 9.53 Å². The summed E-state index contributed by atoms with van der Waals surface area (Å²) in [5, 5.41) is 0. The Kier molecular flexibility index (Phi) is 2.31. The van der Waals surface area contributed by atoms with E-state index >= 15 is 0 Å². The fraction of sp³-hybridized carbons (Fsp3) is 0.125. The fourth-order valence-corrected chi connectivity index (χ4v) is 0.825.